The van der Waals surface area contributed by atoms with E-state index < -0.39 is 7.12 Å². The average Bonchev–Trinajstić information content (AvgIpc) is 2.51. The van der Waals surface area contributed by atoms with Crippen molar-refractivity contribution in [3.63, 3.8) is 0 Å². The number of nitrogens with two attached hydrogens (primary N) is 1. The van der Waals surface area contributed by atoms with E-state index in [9.17, 15) is 5.02 Å². The Hall–Kier alpha value is -0.995. The normalized spacial score (nSPS) is 11.6. The lowest BCUT2D eigenvalue weighted by Crippen LogP contribution is -2.45. The molecule has 0 fully saturated rings. The monoisotopic (exact) mass is 305 g/mol. The second-order valence-electron chi connectivity index (χ2n) is 6.24. The number of anilines is 1. The van der Waals surface area contributed by atoms with Crippen molar-refractivity contribution in [1.82, 2.24) is 0 Å². The van der Waals surface area contributed by atoms with Crippen LogP contribution in [0.25, 0.3) is 0 Å². The number of rotatable bonds is 11. The SMILES string of the molecule is CCCCC(CCC)(CCCC)OB(O)c1ccccc1N. The van der Waals surface area contributed by atoms with Crippen molar-refractivity contribution in [2.24, 2.45) is 0 Å². The van der Waals surface area contributed by atoms with Gasteiger partial charge in [0.15, 0.2) is 0 Å². The lowest BCUT2D eigenvalue weighted by atomic mass is 9.75. The molecule has 0 saturated carbocycles. The first-order chi connectivity index (χ1) is 10.6. The largest absolute Gasteiger partial charge is 0.493 e. The van der Waals surface area contributed by atoms with Gasteiger partial charge in [-0.05, 0) is 25.3 Å². The topological polar surface area (TPSA) is 55.5 Å². The van der Waals surface area contributed by atoms with Crippen LogP contribution in [0.1, 0.15) is 72.1 Å². The summed E-state index contributed by atoms with van der Waals surface area (Å²) in [5.74, 6) is 0. The minimum Gasteiger partial charge on any atom is -0.423 e. The quantitative estimate of drug-likeness (QED) is 0.481. The van der Waals surface area contributed by atoms with Crippen molar-refractivity contribution in [3.8, 4) is 0 Å². The number of benzene rings is 1. The fraction of sp³-hybridized carbons (Fsp3) is 0.667. The zero-order chi connectivity index (χ0) is 16.4. The second kappa shape index (κ2) is 9.91. The lowest BCUT2D eigenvalue weighted by molar-refractivity contribution is 0.0201. The number of nitrogen functional groups attached to an aromatic ring is 1. The molecule has 124 valence electrons. The van der Waals surface area contributed by atoms with Crippen LogP contribution in [0.3, 0.4) is 0 Å². The van der Waals surface area contributed by atoms with Gasteiger partial charge in [0.05, 0.1) is 5.60 Å². The molecule has 0 aliphatic heterocycles. The molecule has 0 bridgehead atoms. The Morgan fingerprint density at radius 2 is 1.59 bits per heavy atom. The van der Waals surface area contributed by atoms with Gasteiger partial charge in [0, 0.05) is 11.2 Å². The first kappa shape index (κ1) is 19.1. The Morgan fingerprint density at radius 1 is 1.00 bits per heavy atom. The molecule has 0 spiro atoms. The predicted molar refractivity (Wildman–Crippen MR) is 96.2 cm³/mol. The molecule has 22 heavy (non-hydrogen) atoms. The van der Waals surface area contributed by atoms with Gasteiger partial charge in [0.1, 0.15) is 0 Å². The van der Waals surface area contributed by atoms with E-state index in [0.29, 0.717) is 11.2 Å². The molecule has 1 aromatic carbocycles. The molecule has 0 unspecified atom stereocenters. The van der Waals surface area contributed by atoms with Crippen LogP contribution in [0, 0.1) is 0 Å². The summed E-state index contributed by atoms with van der Waals surface area (Å²) in [6.07, 6.45) is 8.58. The van der Waals surface area contributed by atoms with Gasteiger partial charge in [-0.1, -0.05) is 71.1 Å². The highest BCUT2D eigenvalue weighted by atomic mass is 16.5. The summed E-state index contributed by atoms with van der Waals surface area (Å²) < 4.78 is 6.23. The Kier molecular flexibility index (Phi) is 8.58. The van der Waals surface area contributed by atoms with Crippen LogP contribution < -0.4 is 11.2 Å². The highest BCUT2D eigenvalue weighted by Gasteiger charge is 2.34. The first-order valence-electron chi connectivity index (χ1n) is 8.78. The third kappa shape index (κ3) is 5.66. The highest BCUT2D eigenvalue weighted by Crippen LogP contribution is 2.31. The maximum Gasteiger partial charge on any atom is 0.493 e. The number of para-hydroxylation sites is 1. The van der Waals surface area contributed by atoms with Gasteiger partial charge >= 0.3 is 7.12 Å². The van der Waals surface area contributed by atoms with Crippen LogP contribution in [0.4, 0.5) is 5.69 Å². The third-order valence-corrected chi connectivity index (χ3v) is 4.30. The highest BCUT2D eigenvalue weighted by molar-refractivity contribution is 6.61. The van der Waals surface area contributed by atoms with Crippen molar-refractivity contribution >= 4 is 18.3 Å². The molecule has 3 nitrogen and oxygen atoms in total. The van der Waals surface area contributed by atoms with Crippen LogP contribution in [0.2, 0.25) is 0 Å². The van der Waals surface area contributed by atoms with E-state index in [2.05, 4.69) is 20.8 Å². The van der Waals surface area contributed by atoms with Crippen molar-refractivity contribution < 1.29 is 9.68 Å². The Bertz CT molecular complexity index is 417. The number of hydrogen-bond donors (Lipinski definition) is 2. The Labute approximate surface area is 136 Å². The van der Waals surface area contributed by atoms with Gasteiger partial charge in [0.25, 0.3) is 0 Å². The first-order valence-corrected chi connectivity index (χ1v) is 8.78. The summed E-state index contributed by atoms with van der Waals surface area (Å²) in [7, 11) is -0.943. The van der Waals surface area contributed by atoms with Crippen molar-refractivity contribution in [1.29, 1.82) is 0 Å². The summed E-state index contributed by atoms with van der Waals surface area (Å²) in [4.78, 5) is 0. The molecular formula is C18H32BNO2. The molecule has 0 aliphatic carbocycles. The molecule has 0 radical (unpaired) electrons. The zero-order valence-corrected chi connectivity index (χ0v) is 14.5. The summed E-state index contributed by atoms with van der Waals surface area (Å²) in [5.41, 5.74) is 7.01. The maximum atomic E-state index is 10.6. The van der Waals surface area contributed by atoms with Gasteiger partial charge < -0.3 is 15.4 Å². The molecule has 0 atom stereocenters. The van der Waals surface area contributed by atoms with Gasteiger partial charge in [-0.15, -0.1) is 0 Å². The van der Waals surface area contributed by atoms with Gasteiger partial charge in [-0.25, -0.2) is 0 Å². The van der Waals surface area contributed by atoms with E-state index in [1.54, 1.807) is 0 Å². The van der Waals surface area contributed by atoms with Crippen LogP contribution in [-0.4, -0.2) is 17.7 Å². The van der Waals surface area contributed by atoms with Crippen LogP contribution >= 0.6 is 0 Å². The maximum absolute atomic E-state index is 10.6. The molecule has 1 aromatic rings. The smallest absolute Gasteiger partial charge is 0.423 e. The van der Waals surface area contributed by atoms with Crippen LogP contribution in [-0.2, 0) is 4.65 Å². The number of unbranched alkanes of at least 4 members (excludes halogenated alkanes) is 2. The van der Waals surface area contributed by atoms with Crippen LogP contribution in [0.15, 0.2) is 24.3 Å². The molecule has 1 rings (SSSR count). The van der Waals surface area contributed by atoms with Gasteiger partial charge in [-0.3, -0.25) is 0 Å². The fourth-order valence-corrected chi connectivity index (χ4v) is 3.04. The molecule has 0 aliphatic rings. The van der Waals surface area contributed by atoms with Gasteiger partial charge in [-0.2, -0.15) is 0 Å². The second-order valence-corrected chi connectivity index (χ2v) is 6.24. The number of hydrogen-bond acceptors (Lipinski definition) is 3. The van der Waals surface area contributed by atoms with Crippen molar-refractivity contribution in [3.05, 3.63) is 24.3 Å². The van der Waals surface area contributed by atoms with Crippen molar-refractivity contribution in [2.75, 3.05) is 5.73 Å². The molecule has 3 N–H and O–H groups in total. The Morgan fingerprint density at radius 3 is 2.09 bits per heavy atom. The van der Waals surface area contributed by atoms with E-state index >= 15 is 0 Å². The summed E-state index contributed by atoms with van der Waals surface area (Å²) in [6.45, 7) is 6.57. The molecule has 0 amide bonds. The summed E-state index contributed by atoms with van der Waals surface area (Å²) in [6, 6.07) is 7.41. The van der Waals surface area contributed by atoms with Crippen molar-refractivity contribution in [2.45, 2.75) is 77.7 Å². The third-order valence-electron chi connectivity index (χ3n) is 4.30. The molecule has 4 heteroatoms. The minimum atomic E-state index is -0.943. The van der Waals surface area contributed by atoms with E-state index in [4.69, 9.17) is 10.4 Å². The lowest BCUT2D eigenvalue weighted by Gasteiger charge is -2.36. The van der Waals surface area contributed by atoms with E-state index in [1.807, 2.05) is 24.3 Å². The molecular weight excluding hydrogens is 273 g/mol. The Balaban J connectivity index is 2.91. The van der Waals surface area contributed by atoms with E-state index in [0.717, 1.165) is 51.4 Å². The summed E-state index contributed by atoms with van der Waals surface area (Å²) in [5, 5.41) is 10.6. The molecule has 0 saturated heterocycles. The van der Waals surface area contributed by atoms with Gasteiger partial charge in [0.2, 0.25) is 0 Å². The fourth-order valence-electron chi connectivity index (χ4n) is 3.04. The minimum absolute atomic E-state index is 0.234. The molecule has 0 aromatic heterocycles. The summed E-state index contributed by atoms with van der Waals surface area (Å²) >= 11 is 0. The van der Waals surface area contributed by atoms with E-state index in [1.165, 1.54) is 0 Å². The predicted octanol–water partition coefficient (Wildman–Crippen LogP) is 3.89. The van der Waals surface area contributed by atoms with Crippen LogP contribution in [0.5, 0.6) is 0 Å². The van der Waals surface area contributed by atoms with E-state index in [-0.39, 0.29) is 5.60 Å². The average molecular weight is 305 g/mol. The zero-order valence-electron chi connectivity index (χ0n) is 14.5. The molecule has 0 heterocycles. The standard InChI is InChI=1S/C18H32BNO2/c1-4-7-14-18(13-6-3,15-8-5-2)22-19(21)16-11-9-10-12-17(16)20/h9-12,21H,4-8,13-15,20H2,1-3H3.